The average molecular weight is 422 g/mol. The number of pyridine rings is 1. The van der Waals surface area contributed by atoms with Gasteiger partial charge in [0.25, 0.3) is 0 Å². The topological polar surface area (TPSA) is 84.2 Å². The van der Waals surface area contributed by atoms with Crippen LogP contribution < -0.4 is 14.8 Å². The van der Waals surface area contributed by atoms with Crippen molar-refractivity contribution in [3.63, 3.8) is 0 Å². The largest absolute Gasteiger partial charge is 0.493 e. The number of ether oxygens (including phenoxy) is 2. The molecule has 0 fully saturated rings. The molecule has 0 saturated heterocycles. The third kappa shape index (κ3) is 4.84. The lowest BCUT2D eigenvalue weighted by Gasteiger charge is -2.11. The van der Waals surface area contributed by atoms with Gasteiger partial charge in [-0.15, -0.1) is 0 Å². The maximum atomic E-state index is 12.4. The zero-order chi connectivity index (χ0) is 21.7. The predicted molar refractivity (Wildman–Crippen MR) is 119 cm³/mol. The molecule has 1 heterocycles. The number of anilines is 1. The second-order valence-electron chi connectivity index (χ2n) is 6.97. The number of rotatable bonds is 7. The number of hydrogen-bond acceptors (Lipinski definition) is 6. The number of carbonyl (C=O) groups excluding carboxylic acids is 1. The van der Waals surface area contributed by atoms with Gasteiger partial charge in [0, 0.05) is 17.1 Å². The molecule has 0 aliphatic heterocycles. The number of carbonyl (C=O) groups is 1. The maximum absolute atomic E-state index is 12.4. The first-order valence-electron chi connectivity index (χ1n) is 9.44. The van der Waals surface area contributed by atoms with E-state index in [4.69, 9.17) is 9.47 Å². The maximum Gasteiger partial charge on any atom is 0.234 e. The zero-order valence-electron chi connectivity index (χ0n) is 17.4. The zero-order valence-corrected chi connectivity index (χ0v) is 18.2. The van der Waals surface area contributed by atoms with Gasteiger partial charge in [0.15, 0.2) is 11.5 Å². The number of benzene rings is 2. The summed E-state index contributed by atoms with van der Waals surface area (Å²) < 4.78 is 10.5. The highest BCUT2D eigenvalue weighted by Crippen LogP contribution is 2.30. The van der Waals surface area contributed by atoms with Crippen molar-refractivity contribution in [2.24, 2.45) is 0 Å². The van der Waals surface area contributed by atoms with Crippen LogP contribution in [0, 0.1) is 11.3 Å². The summed E-state index contributed by atoms with van der Waals surface area (Å²) in [6.07, 6.45) is 0. The van der Waals surface area contributed by atoms with Crippen LogP contribution in [0.4, 0.5) is 5.69 Å². The van der Waals surface area contributed by atoms with Crippen LogP contribution in [-0.2, 0) is 4.79 Å². The third-order valence-corrected chi connectivity index (χ3v) is 5.59. The molecule has 30 heavy (non-hydrogen) atoms. The highest BCUT2D eigenvalue weighted by atomic mass is 32.2. The molecule has 0 radical (unpaired) electrons. The number of hydrogen-bond donors (Lipinski definition) is 1. The Morgan fingerprint density at radius 2 is 1.90 bits per heavy atom. The fourth-order valence-electron chi connectivity index (χ4n) is 2.97. The molecule has 7 heteroatoms. The number of nitriles is 1. The van der Waals surface area contributed by atoms with E-state index in [-0.39, 0.29) is 11.7 Å². The van der Waals surface area contributed by atoms with Crippen molar-refractivity contribution in [3.8, 4) is 17.6 Å². The minimum absolute atomic E-state index is 0.131. The summed E-state index contributed by atoms with van der Waals surface area (Å²) in [5, 5.41) is 13.8. The molecule has 6 nitrogen and oxygen atoms in total. The summed E-state index contributed by atoms with van der Waals surface area (Å²) in [6, 6.07) is 15.3. The van der Waals surface area contributed by atoms with Crippen molar-refractivity contribution in [2.75, 3.05) is 25.3 Å². The molecule has 0 spiro atoms. The molecule has 0 bridgehead atoms. The number of nitrogens with one attached hydrogen (secondary N) is 1. The van der Waals surface area contributed by atoms with E-state index < -0.39 is 0 Å². The van der Waals surface area contributed by atoms with E-state index in [9.17, 15) is 10.1 Å². The van der Waals surface area contributed by atoms with Crippen molar-refractivity contribution in [1.82, 2.24) is 4.98 Å². The fourth-order valence-corrected chi connectivity index (χ4v) is 3.73. The van der Waals surface area contributed by atoms with Crippen molar-refractivity contribution in [2.45, 2.75) is 24.8 Å². The molecule has 0 aliphatic rings. The number of fused-ring (bicyclic) bond motifs is 1. The van der Waals surface area contributed by atoms with Gasteiger partial charge in [-0.2, -0.15) is 5.26 Å². The average Bonchev–Trinajstić information content (AvgIpc) is 2.76. The lowest BCUT2D eigenvalue weighted by atomic mass is 10.0. The summed E-state index contributed by atoms with van der Waals surface area (Å²) in [6.45, 7) is 4.25. The van der Waals surface area contributed by atoms with Crippen LogP contribution in [-0.4, -0.2) is 30.9 Å². The summed E-state index contributed by atoms with van der Waals surface area (Å²) in [4.78, 5) is 17.0. The van der Waals surface area contributed by atoms with E-state index in [1.807, 2.05) is 18.2 Å². The number of aromatic nitrogens is 1. The first kappa shape index (κ1) is 21.5. The number of methoxy groups -OCH3 is 2. The van der Waals surface area contributed by atoms with Gasteiger partial charge in [-0.05, 0) is 41.8 Å². The Hall–Kier alpha value is -3.24. The van der Waals surface area contributed by atoms with Gasteiger partial charge in [0.1, 0.15) is 11.1 Å². The van der Waals surface area contributed by atoms with E-state index in [0.717, 1.165) is 10.9 Å². The molecule has 1 aromatic heterocycles. The van der Waals surface area contributed by atoms with Crippen molar-refractivity contribution in [3.05, 3.63) is 53.6 Å². The van der Waals surface area contributed by atoms with E-state index >= 15 is 0 Å². The van der Waals surface area contributed by atoms with Crippen LogP contribution in [0.25, 0.3) is 10.9 Å². The lowest BCUT2D eigenvalue weighted by molar-refractivity contribution is -0.113. The summed E-state index contributed by atoms with van der Waals surface area (Å²) >= 11 is 1.24. The number of amides is 1. The van der Waals surface area contributed by atoms with E-state index in [0.29, 0.717) is 33.7 Å². The van der Waals surface area contributed by atoms with Crippen LogP contribution in [0.15, 0.2) is 47.5 Å². The molecule has 3 rings (SSSR count). The highest BCUT2D eigenvalue weighted by Gasteiger charge is 2.12. The van der Waals surface area contributed by atoms with Crippen LogP contribution in [0.2, 0.25) is 0 Å². The van der Waals surface area contributed by atoms with E-state index in [1.54, 1.807) is 25.3 Å². The van der Waals surface area contributed by atoms with Crippen molar-refractivity contribution >= 4 is 34.3 Å². The third-order valence-electron chi connectivity index (χ3n) is 4.60. The second kappa shape index (κ2) is 9.51. The predicted octanol–water partition coefficient (Wildman–Crippen LogP) is 4.98. The van der Waals surface area contributed by atoms with Crippen molar-refractivity contribution in [1.29, 1.82) is 5.26 Å². The summed E-state index contributed by atoms with van der Waals surface area (Å²) in [5.74, 6) is 1.45. The van der Waals surface area contributed by atoms with Gasteiger partial charge in [-0.3, -0.25) is 4.79 Å². The monoisotopic (exact) mass is 421 g/mol. The Labute approximate surface area is 180 Å². The Bertz CT molecular complexity index is 1120. The molecule has 154 valence electrons. The molecule has 0 atom stereocenters. The van der Waals surface area contributed by atoms with Crippen LogP contribution in [0.1, 0.15) is 30.9 Å². The Morgan fingerprint density at radius 1 is 1.13 bits per heavy atom. The first-order valence-corrected chi connectivity index (χ1v) is 10.4. The van der Waals surface area contributed by atoms with Crippen molar-refractivity contribution < 1.29 is 14.3 Å². The van der Waals surface area contributed by atoms with Gasteiger partial charge in [0.05, 0.1) is 31.1 Å². The van der Waals surface area contributed by atoms with E-state index in [1.165, 1.54) is 24.4 Å². The molecule has 0 aliphatic carbocycles. The summed E-state index contributed by atoms with van der Waals surface area (Å²) in [5.41, 5.74) is 3.07. The van der Waals surface area contributed by atoms with Gasteiger partial charge in [-0.25, -0.2) is 4.98 Å². The van der Waals surface area contributed by atoms with Crippen LogP contribution in [0.3, 0.4) is 0 Å². The smallest absolute Gasteiger partial charge is 0.234 e. The standard InChI is InChI=1S/C23H23N3O3S/c1-14(2)15-5-7-19-16(9-15)10-17(12-24)23(26-19)30-13-22(27)25-18-6-8-20(28-3)21(11-18)29-4/h5-11,14H,13H2,1-4H3,(H,25,27). The molecule has 1 amide bonds. The Morgan fingerprint density at radius 3 is 2.57 bits per heavy atom. The van der Waals surface area contributed by atoms with Gasteiger partial charge in [0.2, 0.25) is 5.91 Å². The van der Waals surface area contributed by atoms with Gasteiger partial charge < -0.3 is 14.8 Å². The van der Waals surface area contributed by atoms with Gasteiger partial charge >= 0.3 is 0 Å². The minimum Gasteiger partial charge on any atom is -0.493 e. The molecule has 0 unspecified atom stereocenters. The number of nitrogens with zero attached hydrogens (tertiary/aromatic N) is 2. The van der Waals surface area contributed by atoms with Gasteiger partial charge in [-0.1, -0.05) is 31.7 Å². The SMILES string of the molecule is COc1ccc(NC(=O)CSc2nc3ccc(C(C)C)cc3cc2C#N)cc1OC. The molecule has 2 aromatic carbocycles. The normalized spacial score (nSPS) is 10.7. The Kier molecular flexibility index (Phi) is 6.80. The molecule has 3 aromatic rings. The molecule has 0 saturated carbocycles. The highest BCUT2D eigenvalue weighted by molar-refractivity contribution is 8.00. The quantitative estimate of drug-likeness (QED) is 0.542. The second-order valence-corrected chi connectivity index (χ2v) is 7.93. The molecular formula is C23H23N3O3S. The number of thioether (sulfide) groups is 1. The molecule has 1 N–H and O–H groups in total. The van der Waals surface area contributed by atoms with Crippen LogP contribution >= 0.6 is 11.8 Å². The Balaban J connectivity index is 1.74. The minimum atomic E-state index is -0.201. The molecular weight excluding hydrogens is 398 g/mol. The fraction of sp³-hybridized carbons (Fsp3) is 0.261. The lowest BCUT2D eigenvalue weighted by Crippen LogP contribution is -2.14. The van der Waals surface area contributed by atoms with E-state index in [2.05, 4.69) is 36.3 Å². The first-order chi connectivity index (χ1) is 14.4. The van der Waals surface area contributed by atoms with Crippen LogP contribution in [0.5, 0.6) is 11.5 Å². The summed E-state index contributed by atoms with van der Waals surface area (Å²) in [7, 11) is 3.10.